The Morgan fingerprint density at radius 1 is 1.12 bits per heavy atom. The van der Waals surface area contributed by atoms with Crippen molar-refractivity contribution in [3.63, 3.8) is 0 Å². The maximum absolute atomic E-state index is 13.0. The van der Waals surface area contributed by atoms with Gasteiger partial charge in [-0.25, -0.2) is 0 Å². The molecule has 0 amide bonds. The van der Waals surface area contributed by atoms with Gasteiger partial charge >= 0.3 is 0 Å². The van der Waals surface area contributed by atoms with E-state index in [0.29, 0.717) is 40.6 Å². The van der Waals surface area contributed by atoms with Gasteiger partial charge in [0.2, 0.25) is 5.79 Å². The van der Waals surface area contributed by atoms with Crippen LogP contribution in [0.4, 0.5) is 0 Å². The van der Waals surface area contributed by atoms with Crippen molar-refractivity contribution in [3.05, 3.63) is 70.8 Å². The van der Waals surface area contributed by atoms with Crippen LogP contribution in [0.5, 0.6) is 23.0 Å². The minimum absolute atomic E-state index is 0.0349. The zero-order chi connectivity index (χ0) is 24.5. The smallest absolute Gasteiger partial charge is 0.244 e. The summed E-state index contributed by atoms with van der Waals surface area (Å²) in [6.45, 7) is 7.46. The molecule has 8 nitrogen and oxygen atoms in total. The lowest BCUT2D eigenvalue weighted by Gasteiger charge is -2.18. The molecule has 1 N–H and O–H groups in total. The number of aromatic hydroxyl groups is 1. The maximum Gasteiger partial charge on any atom is 0.244 e. The summed E-state index contributed by atoms with van der Waals surface area (Å²) in [5, 5.41) is 10.9. The van der Waals surface area contributed by atoms with Crippen molar-refractivity contribution >= 4 is 11.0 Å². The highest BCUT2D eigenvalue weighted by Gasteiger charge is 2.28. The van der Waals surface area contributed by atoms with Gasteiger partial charge in [-0.15, -0.1) is 6.58 Å². The number of allylic oxidation sites excluding steroid dienone is 1. The average molecular weight is 466 g/mol. The second-order valence-corrected chi connectivity index (χ2v) is 8.10. The number of ether oxygens (including phenoxy) is 5. The molecule has 2 heterocycles. The van der Waals surface area contributed by atoms with Crippen molar-refractivity contribution in [2.45, 2.75) is 26.1 Å². The zero-order valence-corrected chi connectivity index (χ0v) is 19.5. The molecule has 0 unspecified atom stereocenters. The van der Waals surface area contributed by atoms with E-state index in [-0.39, 0.29) is 34.5 Å². The molecule has 178 valence electrons. The van der Waals surface area contributed by atoms with Gasteiger partial charge in [0.1, 0.15) is 41.1 Å². The van der Waals surface area contributed by atoms with Gasteiger partial charge in [0.25, 0.3) is 0 Å². The summed E-state index contributed by atoms with van der Waals surface area (Å²) in [6.07, 6.45) is 3.50. The summed E-state index contributed by atoms with van der Waals surface area (Å²) in [7, 11) is 2.94. The summed E-state index contributed by atoms with van der Waals surface area (Å²) in [5.41, 5.74) is 1.06. The Balaban J connectivity index is 1.77. The van der Waals surface area contributed by atoms with Crippen molar-refractivity contribution in [1.82, 2.24) is 0 Å². The van der Waals surface area contributed by atoms with E-state index in [9.17, 15) is 9.90 Å². The van der Waals surface area contributed by atoms with Crippen LogP contribution in [0, 0.1) is 0 Å². The van der Waals surface area contributed by atoms with Crippen molar-refractivity contribution in [3.8, 4) is 34.3 Å². The van der Waals surface area contributed by atoms with E-state index in [4.69, 9.17) is 28.1 Å². The largest absolute Gasteiger partial charge is 0.504 e. The summed E-state index contributed by atoms with van der Waals surface area (Å²) in [4.78, 5) is 13.0. The van der Waals surface area contributed by atoms with Crippen LogP contribution in [0.25, 0.3) is 22.3 Å². The van der Waals surface area contributed by atoms with Crippen LogP contribution >= 0.6 is 0 Å². The molecule has 4 rings (SSSR count). The van der Waals surface area contributed by atoms with Crippen LogP contribution in [-0.4, -0.2) is 31.7 Å². The van der Waals surface area contributed by atoms with Crippen molar-refractivity contribution < 1.29 is 33.2 Å². The lowest BCUT2D eigenvalue weighted by Crippen LogP contribution is -2.21. The lowest BCUT2D eigenvalue weighted by atomic mass is 9.99. The molecule has 1 aliphatic rings. The first-order valence-electron chi connectivity index (χ1n) is 10.6. The Morgan fingerprint density at radius 2 is 1.88 bits per heavy atom. The monoisotopic (exact) mass is 466 g/mol. The number of methoxy groups -OCH3 is 2. The van der Waals surface area contributed by atoms with Crippen LogP contribution in [0.2, 0.25) is 0 Å². The first-order valence-corrected chi connectivity index (χ1v) is 10.6. The number of phenols is 1. The standard InChI is InChI=1S/C26H26O8/c1-6-7-18-17(8-9-20(29-4)25(18)28)21-12-19(27)24-22(30-5)10-15(11-23(24)33-21)31-13-16-14-32-26(2,3)34-16/h6,8-12,14,28H,1,7,13H2,2-5H3. The van der Waals surface area contributed by atoms with Gasteiger partial charge < -0.3 is 33.2 Å². The molecule has 0 saturated carbocycles. The van der Waals surface area contributed by atoms with E-state index in [1.54, 1.807) is 44.2 Å². The molecule has 3 aromatic rings. The Kier molecular flexibility index (Phi) is 6.15. The molecular formula is C26H26O8. The summed E-state index contributed by atoms with van der Waals surface area (Å²) in [5.74, 6) is 1.08. The van der Waals surface area contributed by atoms with Crippen molar-refractivity contribution in [2.75, 3.05) is 20.8 Å². The number of hydrogen-bond acceptors (Lipinski definition) is 8. The molecule has 0 saturated heterocycles. The third-order valence-corrected chi connectivity index (χ3v) is 5.30. The highest BCUT2D eigenvalue weighted by atomic mass is 16.7. The Bertz CT molecular complexity index is 1330. The number of hydrogen-bond donors (Lipinski definition) is 1. The van der Waals surface area contributed by atoms with Crippen LogP contribution in [0.3, 0.4) is 0 Å². The first-order chi connectivity index (χ1) is 16.3. The van der Waals surface area contributed by atoms with Gasteiger partial charge in [0.05, 0.1) is 14.2 Å². The van der Waals surface area contributed by atoms with Crippen molar-refractivity contribution in [1.29, 1.82) is 0 Å². The Hall–Kier alpha value is -4.07. The van der Waals surface area contributed by atoms with Gasteiger partial charge in [-0.3, -0.25) is 4.79 Å². The average Bonchev–Trinajstić information content (AvgIpc) is 3.16. The Morgan fingerprint density at radius 3 is 2.53 bits per heavy atom. The van der Waals surface area contributed by atoms with Crippen LogP contribution < -0.4 is 19.6 Å². The number of phenolic OH excluding ortho intramolecular Hbond substituents is 1. The fourth-order valence-corrected chi connectivity index (χ4v) is 3.76. The van der Waals surface area contributed by atoms with Gasteiger partial charge in [-0.05, 0) is 18.6 Å². The predicted octanol–water partition coefficient (Wildman–Crippen LogP) is 4.91. The molecule has 1 aliphatic heterocycles. The zero-order valence-electron chi connectivity index (χ0n) is 19.5. The highest BCUT2D eigenvalue weighted by Crippen LogP contribution is 2.39. The molecule has 0 aliphatic carbocycles. The topological polar surface area (TPSA) is 96.6 Å². The molecule has 2 aromatic carbocycles. The third kappa shape index (κ3) is 4.39. The van der Waals surface area contributed by atoms with E-state index in [1.165, 1.54) is 26.5 Å². The molecule has 0 spiro atoms. The van der Waals surface area contributed by atoms with Gasteiger partial charge in [0.15, 0.2) is 22.7 Å². The SMILES string of the molecule is C=CCc1c(-c2cc(=O)c3c(OC)cc(OCC4=COC(C)(C)O4)cc3o2)ccc(OC)c1O. The van der Waals surface area contributed by atoms with E-state index >= 15 is 0 Å². The molecule has 8 heteroatoms. The van der Waals surface area contributed by atoms with Gasteiger partial charge in [-0.2, -0.15) is 0 Å². The fourth-order valence-electron chi connectivity index (χ4n) is 3.76. The van der Waals surface area contributed by atoms with Crippen LogP contribution in [0.1, 0.15) is 19.4 Å². The second kappa shape index (κ2) is 9.05. The minimum atomic E-state index is -0.742. The predicted molar refractivity (Wildman–Crippen MR) is 126 cm³/mol. The van der Waals surface area contributed by atoms with E-state index in [1.807, 2.05) is 0 Å². The summed E-state index contributed by atoms with van der Waals surface area (Å²) >= 11 is 0. The molecule has 0 bridgehead atoms. The molecule has 1 aromatic heterocycles. The molecule has 0 fully saturated rings. The molecular weight excluding hydrogens is 440 g/mol. The van der Waals surface area contributed by atoms with Crippen LogP contribution in [-0.2, 0) is 15.9 Å². The number of benzene rings is 2. The maximum atomic E-state index is 13.0. The van der Waals surface area contributed by atoms with E-state index in [0.717, 1.165) is 0 Å². The van der Waals surface area contributed by atoms with E-state index < -0.39 is 5.79 Å². The lowest BCUT2D eigenvalue weighted by molar-refractivity contribution is -0.119. The molecule has 0 radical (unpaired) electrons. The van der Waals surface area contributed by atoms with Crippen LogP contribution in [0.15, 0.2) is 64.2 Å². The van der Waals surface area contributed by atoms with E-state index in [2.05, 4.69) is 6.58 Å². The minimum Gasteiger partial charge on any atom is -0.504 e. The number of rotatable bonds is 8. The molecule has 0 atom stereocenters. The fraction of sp³-hybridized carbons (Fsp3) is 0.269. The highest BCUT2D eigenvalue weighted by molar-refractivity contribution is 5.87. The molecule has 34 heavy (non-hydrogen) atoms. The second-order valence-electron chi connectivity index (χ2n) is 8.10. The van der Waals surface area contributed by atoms with Crippen molar-refractivity contribution in [2.24, 2.45) is 0 Å². The summed E-state index contributed by atoms with van der Waals surface area (Å²) < 4.78 is 33.7. The quantitative estimate of drug-likeness (QED) is 0.468. The number of fused-ring (bicyclic) bond motifs is 1. The first kappa shape index (κ1) is 23.1. The normalized spacial score (nSPS) is 14.2. The van der Waals surface area contributed by atoms with Gasteiger partial charge in [-0.1, -0.05) is 6.08 Å². The third-order valence-electron chi connectivity index (χ3n) is 5.30. The summed E-state index contributed by atoms with van der Waals surface area (Å²) in [6, 6.07) is 7.94. The van der Waals surface area contributed by atoms with Gasteiger partial charge in [0, 0.05) is 43.2 Å². The Labute approximate surface area is 196 Å².